The Morgan fingerprint density at radius 3 is 2.91 bits per heavy atom. The molecule has 0 unspecified atom stereocenters. The number of nitrogens with zero attached hydrogens (tertiary/aromatic N) is 2. The van der Waals surface area contributed by atoms with Crippen molar-refractivity contribution in [3.05, 3.63) is 12.4 Å². The van der Waals surface area contributed by atoms with Crippen LogP contribution < -0.4 is 11.1 Å². The van der Waals surface area contributed by atoms with Crippen molar-refractivity contribution in [2.24, 2.45) is 0 Å². The summed E-state index contributed by atoms with van der Waals surface area (Å²) in [6.45, 7) is 0.443. The summed E-state index contributed by atoms with van der Waals surface area (Å²) in [5.74, 6) is 3.46. The molecule has 0 saturated heterocycles. The van der Waals surface area contributed by atoms with Gasteiger partial charge in [-0.1, -0.05) is 5.92 Å². The Bertz CT molecular complexity index is 259. The number of nitrogen functional groups attached to an aromatic ring is 1. The second kappa shape index (κ2) is 3.42. The molecule has 56 valence electrons. The largest absolute Gasteiger partial charge is 0.382 e. The molecule has 4 nitrogen and oxygen atoms in total. The molecule has 1 heterocycles. The highest BCUT2D eigenvalue weighted by Crippen LogP contribution is 1.99. The zero-order valence-corrected chi connectivity index (χ0v) is 5.91. The van der Waals surface area contributed by atoms with E-state index < -0.39 is 0 Å². The van der Waals surface area contributed by atoms with E-state index >= 15 is 0 Å². The van der Waals surface area contributed by atoms with Crippen molar-refractivity contribution in [1.82, 2.24) is 9.97 Å². The zero-order chi connectivity index (χ0) is 8.10. The van der Waals surface area contributed by atoms with Crippen molar-refractivity contribution in [2.75, 3.05) is 17.6 Å². The topological polar surface area (TPSA) is 63.8 Å². The van der Waals surface area contributed by atoms with Gasteiger partial charge in [0.05, 0.1) is 18.9 Å². The lowest BCUT2D eigenvalue weighted by Crippen LogP contribution is -2.01. The molecule has 11 heavy (non-hydrogen) atoms. The molecule has 0 aliphatic heterocycles. The normalized spacial score (nSPS) is 8.64. The zero-order valence-electron chi connectivity index (χ0n) is 5.91. The monoisotopic (exact) mass is 148 g/mol. The maximum absolute atomic E-state index is 5.31. The maximum Gasteiger partial charge on any atom is 0.145 e. The first-order valence-electron chi connectivity index (χ1n) is 3.08. The van der Waals surface area contributed by atoms with Crippen LogP contribution >= 0.6 is 0 Å². The highest BCUT2D eigenvalue weighted by atomic mass is 15.0. The van der Waals surface area contributed by atoms with Crippen molar-refractivity contribution < 1.29 is 0 Å². The number of nitrogens with one attached hydrogen (secondary N) is 1. The molecule has 0 bridgehead atoms. The number of rotatable bonds is 2. The summed E-state index contributed by atoms with van der Waals surface area (Å²) in [4.78, 5) is 7.74. The lowest BCUT2D eigenvalue weighted by Gasteiger charge is -1.98. The van der Waals surface area contributed by atoms with Crippen LogP contribution in [-0.4, -0.2) is 16.5 Å². The van der Waals surface area contributed by atoms with Crippen molar-refractivity contribution >= 4 is 11.6 Å². The molecule has 1 aromatic rings. The lowest BCUT2D eigenvalue weighted by molar-refractivity contribution is 1.18. The van der Waals surface area contributed by atoms with Crippen LogP contribution in [0.25, 0.3) is 0 Å². The quantitative estimate of drug-likeness (QED) is 0.584. The number of nitrogens with two attached hydrogens (primary N) is 1. The highest BCUT2D eigenvalue weighted by Gasteiger charge is 1.90. The van der Waals surface area contributed by atoms with Crippen molar-refractivity contribution in [3.63, 3.8) is 0 Å². The van der Waals surface area contributed by atoms with Gasteiger partial charge in [-0.25, -0.2) is 9.97 Å². The van der Waals surface area contributed by atoms with Crippen molar-refractivity contribution in [1.29, 1.82) is 0 Å². The first kappa shape index (κ1) is 7.35. The molecule has 0 saturated carbocycles. The minimum absolute atomic E-state index is 0.399. The molecular weight excluding hydrogens is 140 g/mol. The van der Waals surface area contributed by atoms with Gasteiger partial charge in [-0.05, 0) is 0 Å². The van der Waals surface area contributed by atoms with E-state index in [-0.39, 0.29) is 0 Å². The van der Waals surface area contributed by atoms with Crippen LogP contribution in [0, 0.1) is 12.3 Å². The number of anilines is 2. The molecule has 3 N–H and O–H groups in total. The summed E-state index contributed by atoms with van der Waals surface area (Å²) >= 11 is 0. The van der Waals surface area contributed by atoms with Gasteiger partial charge in [0.1, 0.15) is 11.6 Å². The summed E-state index contributed by atoms with van der Waals surface area (Å²) in [6, 6.07) is 0. The summed E-state index contributed by atoms with van der Waals surface area (Å²) in [5, 5.41) is 2.86. The van der Waals surface area contributed by atoms with Gasteiger partial charge in [-0.2, -0.15) is 0 Å². The van der Waals surface area contributed by atoms with E-state index in [0.29, 0.717) is 18.2 Å². The third-order valence-electron chi connectivity index (χ3n) is 1.04. The smallest absolute Gasteiger partial charge is 0.145 e. The fourth-order valence-corrected chi connectivity index (χ4v) is 0.571. The number of terminal acetylenes is 1. The Kier molecular flexibility index (Phi) is 2.28. The minimum atomic E-state index is 0.399. The molecule has 0 amide bonds. The van der Waals surface area contributed by atoms with Gasteiger partial charge >= 0.3 is 0 Å². The Balaban J connectivity index is 2.60. The fraction of sp³-hybridized carbons (Fsp3) is 0.143. The molecule has 0 atom stereocenters. The Hall–Kier alpha value is -1.76. The molecule has 0 spiro atoms. The fourth-order valence-electron chi connectivity index (χ4n) is 0.571. The predicted octanol–water partition coefficient (Wildman–Crippen LogP) is 0.104. The summed E-state index contributed by atoms with van der Waals surface area (Å²) in [5.41, 5.74) is 5.31. The third kappa shape index (κ3) is 2.14. The van der Waals surface area contributed by atoms with E-state index in [1.807, 2.05) is 0 Å². The Morgan fingerprint density at radius 1 is 1.55 bits per heavy atom. The number of hydrogen-bond donors (Lipinski definition) is 2. The van der Waals surface area contributed by atoms with Gasteiger partial charge in [-0.15, -0.1) is 6.42 Å². The van der Waals surface area contributed by atoms with E-state index in [0.717, 1.165) is 0 Å². The molecule has 0 aromatic carbocycles. The third-order valence-corrected chi connectivity index (χ3v) is 1.04. The van der Waals surface area contributed by atoms with Gasteiger partial charge in [0, 0.05) is 0 Å². The Morgan fingerprint density at radius 2 is 2.36 bits per heavy atom. The van der Waals surface area contributed by atoms with Crippen LogP contribution in [0.4, 0.5) is 11.6 Å². The molecular formula is C7H8N4. The second-order valence-corrected chi connectivity index (χ2v) is 1.88. The van der Waals surface area contributed by atoms with Crippen LogP contribution in [0.15, 0.2) is 12.4 Å². The van der Waals surface area contributed by atoms with Crippen LogP contribution in [0.1, 0.15) is 0 Å². The molecule has 4 heteroatoms. The van der Waals surface area contributed by atoms with Crippen LogP contribution in [-0.2, 0) is 0 Å². The van der Waals surface area contributed by atoms with E-state index in [9.17, 15) is 0 Å². The molecule has 1 aromatic heterocycles. The minimum Gasteiger partial charge on any atom is -0.382 e. The molecule has 0 fully saturated rings. The summed E-state index contributed by atoms with van der Waals surface area (Å²) in [6.07, 6.45) is 8.03. The summed E-state index contributed by atoms with van der Waals surface area (Å²) < 4.78 is 0. The second-order valence-electron chi connectivity index (χ2n) is 1.88. The average Bonchev–Trinajstić information content (AvgIpc) is 2.04. The van der Waals surface area contributed by atoms with E-state index in [2.05, 4.69) is 21.2 Å². The van der Waals surface area contributed by atoms with E-state index in [1.165, 1.54) is 12.4 Å². The van der Waals surface area contributed by atoms with Gasteiger partial charge < -0.3 is 11.1 Å². The van der Waals surface area contributed by atoms with Gasteiger partial charge in [0.25, 0.3) is 0 Å². The molecule has 0 aliphatic rings. The molecule has 1 rings (SSSR count). The van der Waals surface area contributed by atoms with Gasteiger partial charge in [-0.3, -0.25) is 0 Å². The molecule has 0 radical (unpaired) electrons. The van der Waals surface area contributed by atoms with E-state index in [4.69, 9.17) is 12.2 Å². The van der Waals surface area contributed by atoms with Crippen LogP contribution in [0.5, 0.6) is 0 Å². The van der Waals surface area contributed by atoms with Crippen LogP contribution in [0.2, 0.25) is 0 Å². The standard InChI is InChI=1S/C7H8N4/c1-2-3-9-7-5-10-6(8)4-11-7/h1,4-5H,3H2,(H2,8,10)(H,9,11). The van der Waals surface area contributed by atoms with Gasteiger partial charge in [0.2, 0.25) is 0 Å². The number of aromatic nitrogens is 2. The lowest BCUT2D eigenvalue weighted by atomic mass is 10.6. The van der Waals surface area contributed by atoms with Crippen molar-refractivity contribution in [3.8, 4) is 12.3 Å². The maximum atomic E-state index is 5.31. The molecule has 0 aliphatic carbocycles. The number of hydrogen-bond acceptors (Lipinski definition) is 4. The average molecular weight is 148 g/mol. The Labute approximate surface area is 64.9 Å². The van der Waals surface area contributed by atoms with E-state index in [1.54, 1.807) is 0 Å². The SMILES string of the molecule is C#CCNc1cnc(N)cn1. The first-order chi connectivity index (χ1) is 5.33. The van der Waals surface area contributed by atoms with Gasteiger partial charge in [0.15, 0.2) is 0 Å². The van der Waals surface area contributed by atoms with Crippen LogP contribution in [0.3, 0.4) is 0 Å². The highest BCUT2D eigenvalue weighted by molar-refractivity contribution is 5.36. The van der Waals surface area contributed by atoms with Crippen molar-refractivity contribution in [2.45, 2.75) is 0 Å². The predicted molar refractivity (Wildman–Crippen MR) is 43.8 cm³/mol. The first-order valence-corrected chi connectivity index (χ1v) is 3.08. The summed E-state index contributed by atoms with van der Waals surface area (Å²) in [7, 11) is 0.